The highest BCUT2D eigenvalue weighted by Crippen LogP contribution is 2.41. The molecule has 3 aromatic carbocycles. The molecular weight excluding hydrogens is 504 g/mol. The molecule has 0 aromatic heterocycles. The lowest BCUT2D eigenvalue weighted by Crippen LogP contribution is -2.65. The Morgan fingerprint density at radius 2 is 0.923 bits per heavy atom. The highest BCUT2D eigenvalue weighted by atomic mass is 16.8. The minimum atomic E-state index is -1.61. The third-order valence-corrected chi connectivity index (χ3v) is 6.57. The first-order chi connectivity index (χ1) is 18.7. The molecule has 1 aliphatic heterocycles. The molecule has 6 atom stereocenters. The van der Waals surface area contributed by atoms with E-state index in [1.54, 1.807) is 105 Å². The number of carbonyl (C=O) groups excluding carboxylic acids is 3. The Morgan fingerprint density at radius 3 is 1.33 bits per heavy atom. The number of benzene rings is 3. The van der Waals surface area contributed by atoms with Crippen molar-refractivity contribution in [2.24, 2.45) is 0 Å². The van der Waals surface area contributed by atoms with Gasteiger partial charge in [0, 0.05) is 0 Å². The minimum absolute atomic E-state index is 0.224. The number of hydrogen-bond donors (Lipinski definition) is 1. The second-order valence-corrected chi connectivity index (χ2v) is 9.76. The van der Waals surface area contributed by atoms with Crippen molar-refractivity contribution in [1.29, 1.82) is 0 Å². The average Bonchev–Trinajstić information content (AvgIpc) is 3.28. The van der Waals surface area contributed by atoms with Gasteiger partial charge in [-0.2, -0.15) is 0 Å². The molecule has 202 valence electrons. The van der Waals surface area contributed by atoms with Crippen molar-refractivity contribution >= 4 is 17.9 Å². The summed E-state index contributed by atoms with van der Waals surface area (Å²) in [5, 5.41) is 11.5. The zero-order chi connectivity index (χ0) is 27.6. The van der Waals surface area contributed by atoms with E-state index >= 15 is 0 Å². The average molecular weight is 533 g/mol. The maximum Gasteiger partial charge on any atom is 0.338 e. The van der Waals surface area contributed by atoms with Crippen LogP contribution in [0.1, 0.15) is 44.9 Å². The van der Waals surface area contributed by atoms with E-state index in [1.165, 1.54) is 0 Å². The molecule has 0 spiro atoms. The fourth-order valence-electron chi connectivity index (χ4n) is 4.79. The van der Waals surface area contributed by atoms with Gasteiger partial charge in [0.25, 0.3) is 0 Å². The molecule has 1 N–H and O–H groups in total. The van der Waals surface area contributed by atoms with Gasteiger partial charge < -0.3 is 28.8 Å². The van der Waals surface area contributed by atoms with E-state index in [-0.39, 0.29) is 16.7 Å². The maximum absolute atomic E-state index is 13.1. The summed E-state index contributed by atoms with van der Waals surface area (Å²) in [4.78, 5) is 39.1. The molecule has 1 saturated heterocycles. The third kappa shape index (κ3) is 5.70. The maximum atomic E-state index is 13.1. The predicted molar refractivity (Wildman–Crippen MR) is 137 cm³/mol. The van der Waals surface area contributed by atoms with Crippen LogP contribution in [0, 0.1) is 0 Å². The summed E-state index contributed by atoms with van der Waals surface area (Å²) in [5.41, 5.74) is 0.740. The van der Waals surface area contributed by atoms with Gasteiger partial charge in [0.15, 0.2) is 24.1 Å². The van der Waals surface area contributed by atoms with E-state index in [0.717, 1.165) is 0 Å². The van der Waals surface area contributed by atoms with Crippen LogP contribution in [0.25, 0.3) is 0 Å². The SMILES string of the molecule is CC1(C)O[C@@H]2[C@@H](OC(=O)c3ccccc3)[C@H](OC(=O)c3ccccc3)[C@@H](O)[C@@H](OC(=O)c3ccccc3)[C@H]2O1. The first-order valence-electron chi connectivity index (χ1n) is 12.6. The largest absolute Gasteiger partial charge is 0.453 e. The molecule has 9 heteroatoms. The quantitative estimate of drug-likeness (QED) is 0.376. The van der Waals surface area contributed by atoms with Crippen molar-refractivity contribution in [1.82, 2.24) is 0 Å². The van der Waals surface area contributed by atoms with E-state index in [4.69, 9.17) is 23.7 Å². The number of hydrogen-bond acceptors (Lipinski definition) is 9. The number of aliphatic hydroxyl groups excluding tert-OH is 1. The van der Waals surface area contributed by atoms with Crippen molar-refractivity contribution < 1.29 is 43.2 Å². The van der Waals surface area contributed by atoms with Gasteiger partial charge in [-0.05, 0) is 50.2 Å². The van der Waals surface area contributed by atoms with E-state index in [9.17, 15) is 19.5 Å². The van der Waals surface area contributed by atoms with Crippen LogP contribution in [0.15, 0.2) is 91.0 Å². The van der Waals surface area contributed by atoms with Crippen molar-refractivity contribution in [2.45, 2.75) is 56.3 Å². The predicted octanol–water partition coefficient (Wildman–Crippen LogP) is 3.56. The molecule has 3 aromatic rings. The normalized spacial score (nSPS) is 27.2. The van der Waals surface area contributed by atoms with Crippen molar-refractivity contribution in [3.05, 3.63) is 108 Å². The van der Waals surface area contributed by atoms with Crippen LogP contribution in [-0.4, -0.2) is 65.4 Å². The topological polar surface area (TPSA) is 118 Å². The number of fused-ring (bicyclic) bond motifs is 1. The zero-order valence-electron chi connectivity index (χ0n) is 21.3. The Bertz CT molecular complexity index is 1310. The lowest BCUT2D eigenvalue weighted by atomic mass is 9.84. The number of esters is 3. The van der Waals surface area contributed by atoms with E-state index in [0.29, 0.717) is 0 Å². The van der Waals surface area contributed by atoms with Crippen molar-refractivity contribution in [3.8, 4) is 0 Å². The van der Waals surface area contributed by atoms with Gasteiger partial charge in [-0.3, -0.25) is 0 Å². The molecule has 2 fully saturated rings. The van der Waals surface area contributed by atoms with Gasteiger partial charge in [0.05, 0.1) is 16.7 Å². The number of aliphatic hydroxyl groups is 1. The molecule has 1 aliphatic carbocycles. The second-order valence-electron chi connectivity index (χ2n) is 9.76. The molecule has 5 rings (SSSR count). The van der Waals surface area contributed by atoms with Crippen LogP contribution in [-0.2, 0) is 23.7 Å². The number of ether oxygens (including phenoxy) is 5. The monoisotopic (exact) mass is 532 g/mol. The number of carbonyl (C=O) groups is 3. The summed E-state index contributed by atoms with van der Waals surface area (Å²) in [6.45, 7) is 3.30. The van der Waals surface area contributed by atoms with Crippen LogP contribution in [0.3, 0.4) is 0 Å². The Labute approximate surface area is 225 Å². The highest BCUT2D eigenvalue weighted by molar-refractivity contribution is 5.91. The summed E-state index contributed by atoms with van der Waals surface area (Å²) in [6, 6.07) is 24.7. The standard InChI is InChI=1S/C30H28O9/c1-30(2)38-25-23(36-28(33)19-14-8-4-9-15-19)21(31)22(35-27(32)18-12-6-3-7-13-18)24(26(25)39-30)37-29(34)20-16-10-5-11-17-20/h3-17,21-26,31H,1-2H3/t21-,22-,23-,24+,25-,26-/m1/s1. The minimum Gasteiger partial charge on any atom is -0.453 e. The van der Waals surface area contributed by atoms with E-state index in [1.807, 2.05) is 0 Å². The van der Waals surface area contributed by atoms with Crippen molar-refractivity contribution in [3.63, 3.8) is 0 Å². The molecule has 0 bridgehead atoms. The lowest BCUT2D eigenvalue weighted by molar-refractivity contribution is -0.194. The van der Waals surface area contributed by atoms with Gasteiger partial charge in [0.1, 0.15) is 18.3 Å². The fourth-order valence-corrected chi connectivity index (χ4v) is 4.79. The van der Waals surface area contributed by atoms with Crippen molar-refractivity contribution in [2.75, 3.05) is 0 Å². The molecule has 39 heavy (non-hydrogen) atoms. The lowest BCUT2D eigenvalue weighted by Gasteiger charge is -2.43. The smallest absolute Gasteiger partial charge is 0.338 e. The summed E-state index contributed by atoms with van der Waals surface area (Å²) in [7, 11) is 0. The first-order valence-corrected chi connectivity index (χ1v) is 12.6. The second kappa shape index (κ2) is 11.0. The highest BCUT2D eigenvalue weighted by Gasteiger charge is 2.62. The summed E-state index contributed by atoms with van der Waals surface area (Å²) < 4.78 is 29.4. The molecule has 9 nitrogen and oxygen atoms in total. The van der Waals surface area contributed by atoms with Crippen LogP contribution < -0.4 is 0 Å². The van der Waals surface area contributed by atoms with E-state index < -0.39 is 60.3 Å². The fraction of sp³-hybridized carbons (Fsp3) is 0.300. The Hall–Kier alpha value is -4.05. The van der Waals surface area contributed by atoms with Gasteiger partial charge in [0.2, 0.25) is 0 Å². The first kappa shape index (κ1) is 26.6. The summed E-state index contributed by atoms with van der Waals surface area (Å²) in [5.74, 6) is -3.35. The summed E-state index contributed by atoms with van der Waals surface area (Å²) in [6.07, 6.45) is -7.69. The van der Waals surface area contributed by atoms with Crippen LogP contribution in [0.2, 0.25) is 0 Å². The molecular formula is C30H28O9. The zero-order valence-corrected chi connectivity index (χ0v) is 21.3. The molecule has 1 saturated carbocycles. The third-order valence-electron chi connectivity index (χ3n) is 6.57. The molecule has 0 unspecified atom stereocenters. The van der Waals surface area contributed by atoms with E-state index in [2.05, 4.69) is 0 Å². The Balaban J connectivity index is 1.49. The summed E-state index contributed by atoms with van der Waals surface area (Å²) >= 11 is 0. The molecule has 0 radical (unpaired) electrons. The van der Waals surface area contributed by atoms with Crippen LogP contribution in [0.5, 0.6) is 0 Å². The molecule has 0 amide bonds. The Morgan fingerprint density at radius 1 is 0.590 bits per heavy atom. The Kier molecular flexibility index (Phi) is 7.47. The van der Waals surface area contributed by atoms with Gasteiger partial charge in [-0.1, -0.05) is 54.6 Å². The molecule has 1 heterocycles. The van der Waals surface area contributed by atoms with Crippen LogP contribution in [0.4, 0.5) is 0 Å². The van der Waals surface area contributed by atoms with Gasteiger partial charge in [-0.15, -0.1) is 0 Å². The van der Waals surface area contributed by atoms with Crippen LogP contribution >= 0.6 is 0 Å². The molecule has 2 aliphatic rings. The number of rotatable bonds is 6. The van der Waals surface area contributed by atoms with Gasteiger partial charge in [-0.25, -0.2) is 14.4 Å². The van der Waals surface area contributed by atoms with Gasteiger partial charge >= 0.3 is 17.9 Å².